The summed E-state index contributed by atoms with van der Waals surface area (Å²) >= 11 is 3.73. The highest BCUT2D eigenvalue weighted by molar-refractivity contribution is 9.09. The van der Waals surface area contributed by atoms with Crippen LogP contribution in [0.1, 0.15) is 32.1 Å². The maximum atomic E-state index is 14.5. The third-order valence-electron chi connectivity index (χ3n) is 8.36. The number of aliphatic hydroxyl groups excluding tert-OH is 1. The molecule has 3 amide bonds. The number of carbonyl (C=O) groups is 3. The number of methoxy groups -OCH3 is 1. The molecule has 0 radical (unpaired) electrons. The minimum atomic E-state index is -1.13. The van der Waals surface area contributed by atoms with E-state index in [0.29, 0.717) is 43.8 Å². The predicted octanol–water partition coefficient (Wildman–Crippen LogP) is 3.16. The van der Waals surface area contributed by atoms with Crippen LogP contribution < -0.4 is 9.64 Å². The molecule has 2 bridgehead atoms. The highest BCUT2D eigenvalue weighted by Gasteiger charge is 2.76. The van der Waals surface area contributed by atoms with Crippen molar-refractivity contribution in [1.82, 2.24) is 9.80 Å². The second-order valence-electron chi connectivity index (χ2n) is 10.8. The van der Waals surface area contributed by atoms with E-state index in [0.717, 1.165) is 12.8 Å². The lowest BCUT2D eigenvalue weighted by Gasteiger charge is -2.37. The van der Waals surface area contributed by atoms with Crippen molar-refractivity contribution in [3.8, 4) is 5.75 Å². The molecule has 0 aliphatic carbocycles. The van der Waals surface area contributed by atoms with Gasteiger partial charge in [0.25, 0.3) is 5.91 Å². The van der Waals surface area contributed by atoms with Gasteiger partial charge in [-0.2, -0.15) is 0 Å². The zero-order valence-corrected chi connectivity index (χ0v) is 24.9. The van der Waals surface area contributed by atoms with Crippen molar-refractivity contribution in [2.45, 2.75) is 54.7 Å². The van der Waals surface area contributed by atoms with Gasteiger partial charge in [0, 0.05) is 43.8 Å². The van der Waals surface area contributed by atoms with Gasteiger partial charge in [0.05, 0.1) is 25.0 Å². The first-order chi connectivity index (χ1) is 19.2. The molecule has 40 heavy (non-hydrogen) atoms. The summed E-state index contributed by atoms with van der Waals surface area (Å²) in [5.74, 6) is -1.43. The Kier molecular flexibility index (Phi) is 9.74. The normalized spacial score (nSPS) is 28.4. The van der Waals surface area contributed by atoms with E-state index in [1.54, 1.807) is 53.1 Å². The number of unbranched alkanes of at least 4 members (excludes halogenated alkanes) is 3. The van der Waals surface area contributed by atoms with Crippen molar-refractivity contribution >= 4 is 39.3 Å². The molecule has 9 nitrogen and oxygen atoms in total. The molecule has 4 rings (SSSR count). The van der Waals surface area contributed by atoms with E-state index in [1.165, 1.54) is 0 Å². The monoisotopic (exact) mass is 617 g/mol. The van der Waals surface area contributed by atoms with Gasteiger partial charge in [-0.25, -0.2) is 0 Å². The number of amides is 3. The molecule has 3 aliphatic heterocycles. The molecule has 1 N–H and O–H groups in total. The fourth-order valence-electron chi connectivity index (χ4n) is 6.58. The summed E-state index contributed by atoms with van der Waals surface area (Å²) in [6.07, 6.45) is 6.26. The quantitative estimate of drug-likeness (QED) is 0.196. The standard InChI is InChI=1S/C30H40BrN3O6/c1-5-15-32(3)27(36)23-24-28(37)34(17-9-7-8-10-18-35)26(30(24)19-22(31)25(23)40-30)29(38)33(16-6-2)20-11-13-21(39-4)14-12-20/h5-6,11-14,22-26,35H,1-2,7-10,15-19H2,3-4H3/t22?,23-,24+,25-,26?,30?/m1/s1. The SMILES string of the molecule is C=CCN(C)C(=O)[C@H]1[C@@H]2OC3(CC2Br)C(C(=O)N(CC=C)c2ccc(OC)cc2)N(CCCCCCO)C(=O)[C@H]13. The van der Waals surface area contributed by atoms with Gasteiger partial charge >= 0.3 is 0 Å². The van der Waals surface area contributed by atoms with Gasteiger partial charge in [-0.1, -0.05) is 40.9 Å². The largest absolute Gasteiger partial charge is 0.497 e. The van der Waals surface area contributed by atoms with Crippen molar-refractivity contribution in [3.05, 3.63) is 49.6 Å². The minimum absolute atomic E-state index is 0.122. The number of rotatable bonds is 14. The van der Waals surface area contributed by atoms with Crippen LogP contribution in [0.3, 0.4) is 0 Å². The molecular formula is C30H40BrN3O6. The number of halogens is 1. The summed E-state index contributed by atoms with van der Waals surface area (Å²) < 4.78 is 11.9. The van der Waals surface area contributed by atoms with Gasteiger partial charge in [-0.3, -0.25) is 14.4 Å². The maximum absolute atomic E-state index is 14.5. The molecule has 3 heterocycles. The van der Waals surface area contributed by atoms with Gasteiger partial charge in [0.2, 0.25) is 11.8 Å². The van der Waals surface area contributed by atoms with Crippen LogP contribution in [0.5, 0.6) is 5.75 Å². The van der Waals surface area contributed by atoms with Crippen LogP contribution in [0.25, 0.3) is 0 Å². The first-order valence-corrected chi connectivity index (χ1v) is 14.8. The van der Waals surface area contributed by atoms with Crippen LogP contribution in [-0.4, -0.2) is 95.6 Å². The molecule has 3 saturated heterocycles. The molecule has 1 spiro atoms. The Balaban J connectivity index is 1.73. The highest BCUT2D eigenvalue weighted by Crippen LogP contribution is 2.60. The summed E-state index contributed by atoms with van der Waals surface area (Å²) in [5.41, 5.74) is -0.471. The number of anilines is 1. The van der Waals surface area contributed by atoms with E-state index in [9.17, 15) is 14.4 Å². The molecule has 10 heteroatoms. The summed E-state index contributed by atoms with van der Waals surface area (Å²) in [6, 6.07) is 6.30. The average Bonchev–Trinajstić information content (AvgIpc) is 3.54. The van der Waals surface area contributed by atoms with Gasteiger partial charge in [-0.15, -0.1) is 13.2 Å². The third-order valence-corrected chi connectivity index (χ3v) is 9.20. The zero-order valence-electron chi connectivity index (χ0n) is 23.3. The second kappa shape index (κ2) is 12.9. The molecule has 1 aromatic rings. The highest BCUT2D eigenvalue weighted by atomic mass is 79.9. The van der Waals surface area contributed by atoms with Crippen molar-refractivity contribution in [2.75, 3.05) is 45.3 Å². The van der Waals surface area contributed by atoms with Crippen molar-refractivity contribution < 1.29 is 29.0 Å². The first-order valence-electron chi connectivity index (χ1n) is 13.9. The Hall–Kier alpha value is -2.69. The number of aliphatic hydroxyl groups is 1. The molecule has 3 fully saturated rings. The molecular weight excluding hydrogens is 578 g/mol. The predicted molar refractivity (Wildman–Crippen MR) is 156 cm³/mol. The molecule has 3 aliphatic rings. The van der Waals surface area contributed by atoms with Crippen molar-refractivity contribution in [1.29, 1.82) is 0 Å². The Morgan fingerprint density at radius 3 is 2.45 bits per heavy atom. The number of alkyl halides is 1. The number of benzene rings is 1. The smallest absolute Gasteiger partial charge is 0.253 e. The summed E-state index contributed by atoms with van der Waals surface area (Å²) in [4.78, 5) is 47.1. The van der Waals surface area contributed by atoms with E-state index < -0.39 is 29.6 Å². The summed E-state index contributed by atoms with van der Waals surface area (Å²) in [5, 5.41) is 9.16. The van der Waals surface area contributed by atoms with E-state index >= 15 is 0 Å². The molecule has 6 atom stereocenters. The van der Waals surface area contributed by atoms with Crippen LogP contribution in [0.2, 0.25) is 0 Å². The number of carbonyl (C=O) groups excluding carboxylic acids is 3. The Morgan fingerprint density at radius 2 is 1.82 bits per heavy atom. The lowest BCUT2D eigenvalue weighted by atomic mass is 9.70. The Bertz CT molecular complexity index is 1110. The Labute approximate surface area is 244 Å². The average molecular weight is 619 g/mol. The summed E-state index contributed by atoms with van der Waals surface area (Å²) in [7, 11) is 3.28. The van der Waals surface area contributed by atoms with Gasteiger partial charge < -0.3 is 29.3 Å². The molecule has 0 aromatic heterocycles. The van der Waals surface area contributed by atoms with Crippen LogP contribution in [-0.2, 0) is 19.1 Å². The van der Waals surface area contributed by atoms with Gasteiger partial charge in [0.15, 0.2) is 0 Å². The van der Waals surface area contributed by atoms with Crippen LogP contribution in [0.15, 0.2) is 49.6 Å². The number of likely N-dealkylation sites (N-methyl/N-ethyl adjacent to an activating group) is 1. The number of nitrogens with zero attached hydrogens (tertiary/aromatic N) is 3. The lowest BCUT2D eigenvalue weighted by molar-refractivity contribution is -0.144. The minimum Gasteiger partial charge on any atom is -0.497 e. The van der Waals surface area contributed by atoms with Crippen LogP contribution >= 0.6 is 15.9 Å². The number of likely N-dealkylation sites (tertiary alicyclic amines) is 1. The van der Waals surface area contributed by atoms with Crippen LogP contribution in [0, 0.1) is 11.8 Å². The Morgan fingerprint density at radius 1 is 1.15 bits per heavy atom. The van der Waals surface area contributed by atoms with Crippen molar-refractivity contribution in [3.63, 3.8) is 0 Å². The number of fused-ring (bicyclic) bond motifs is 1. The fraction of sp³-hybridized carbons (Fsp3) is 0.567. The van der Waals surface area contributed by atoms with Gasteiger partial charge in [-0.05, 0) is 43.5 Å². The summed E-state index contributed by atoms with van der Waals surface area (Å²) in [6.45, 7) is 8.69. The van der Waals surface area contributed by atoms with E-state index in [2.05, 4.69) is 29.1 Å². The molecule has 218 valence electrons. The molecule has 3 unspecified atom stereocenters. The topological polar surface area (TPSA) is 99.6 Å². The number of hydrogen-bond acceptors (Lipinski definition) is 6. The molecule has 0 saturated carbocycles. The van der Waals surface area contributed by atoms with E-state index in [-0.39, 0.29) is 35.7 Å². The van der Waals surface area contributed by atoms with Crippen LogP contribution in [0.4, 0.5) is 5.69 Å². The van der Waals surface area contributed by atoms with Gasteiger partial charge in [0.1, 0.15) is 17.4 Å². The van der Waals surface area contributed by atoms with E-state index in [1.807, 2.05) is 12.1 Å². The first kappa shape index (κ1) is 30.3. The zero-order chi connectivity index (χ0) is 29.0. The molecule has 1 aromatic carbocycles. The lowest BCUT2D eigenvalue weighted by Crippen LogP contribution is -2.57. The van der Waals surface area contributed by atoms with Crippen molar-refractivity contribution in [2.24, 2.45) is 11.8 Å². The third kappa shape index (κ3) is 5.33. The second-order valence-corrected chi connectivity index (χ2v) is 12.0. The number of hydrogen-bond donors (Lipinski definition) is 1. The maximum Gasteiger partial charge on any atom is 0.253 e. The fourth-order valence-corrected chi connectivity index (χ4v) is 7.52. The van der Waals surface area contributed by atoms with E-state index in [4.69, 9.17) is 14.6 Å². The number of ether oxygens (including phenoxy) is 2.